The quantitative estimate of drug-likeness (QED) is 0.726. The highest BCUT2D eigenvalue weighted by Crippen LogP contribution is 2.23. The summed E-state index contributed by atoms with van der Waals surface area (Å²) in [7, 11) is 0. The average Bonchev–Trinajstić information content (AvgIpc) is 2.79. The topological polar surface area (TPSA) is 78.5 Å². The van der Waals surface area contributed by atoms with Gasteiger partial charge in [-0.2, -0.15) is 0 Å². The number of hydrogen-bond acceptors (Lipinski definition) is 5. The maximum atomic E-state index is 9.29. The molecule has 0 amide bonds. The second-order valence-corrected chi connectivity index (χ2v) is 3.83. The average molecular weight is 236 g/mol. The number of anilines is 1. The molecule has 0 aliphatic rings. The summed E-state index contributed by atoms with van der Waals surface area (Å²) in [5.41, 5.74) is 2.29. The fraction of sp³-hybridized carbons (Fsp3) is 0.417. The SMILES string of the molecule is CCc1nc2c(NCC(O)CO)cccc2o1. The minimum absolute atomic E-state index is 0.262. The molecule has 1 aromatic carbocycles. The van der Waals surface area contributed by atoms with Gasteiger partial charge in [-0.1, -0.05) is 13.0 Å². The Hall–Kier alpha value is -1.59. The summed E-state index contributed by atoms with van der Waals surface area (Å²) >= 11 is 0. The molecule has 0 saturated carbocycles. The minimum atomic E-state index is -0.775. The summed E-state index contributed by atoms with van der Waals surface area (Å²) in [5, 5.41) is 21.1. The van der Waals surface area contributed by atoms with E-state index in [4.69, 9.17) is 9.52 Å². The molecule has 2 rings (SSSR count). The van der Waals surface area contributed by atoms with Crippen LogP contribution in [-0.4, -0.2) is 34.5 Å². The van der Waals surface area contributed by atoms with Gasteiger partial charge in [0.15, 0.2) is 11.5 Å². The molecule has 0 bridgehead atoms. The normalized spacial score (nSPS) is 12.9. The van der Waals surface area contributed by atoms with Crippen molar-refractivity contribution in [1.29, 1.82) is 0 Å². The third-order valence-corrected chi connectivity index (χ3v) is 2.50. The molecule has 0 aliphatic heterocycles. The van der Waals surface area contributed by atoms with Crippen molar-refractivity contribution >= 4 is 16.8 Å². The number of benzene rings is 1. The summed E-state index contributed by atoms with van der Waals surface area (Å²) in [6.45, 7) is 2.00. The van der Waals surface area contributed by atoms with Gasteiger partial charge in [0.05, 0.1) is 18.4 Å². The van der Waals surface area contributed by atoms with Crippen LogP contribution in [0.2, 0.25) is 0 Å². The van der Waals surface area contributed by atoms with E-state index < -0.39 is 6.10 Å². The third kappa shape index (κ3) is 2.57. The molecule has 3 N–H and O–H groups in total. The molecule has 92 valence electrons. The van der Waals surface area contributed by atoms with E-state index in [2.05, 4.69) is 10.3 Å². The Bertz CT molecular complexity index is 495. The van der Waals surface area contributed by atoms with Gasteiger partial charge >= 0.3 is 0 Å². The van der Waals surface area contributed by atoms with Crippen molar-refractivity contribution in [3.63, 3.8) is 0 Å². The molecule has 0 fully saturated rings. The van der Waals surface area contributed by atoms with Crippen molar-refractivity contribution in [1.82, 2.24) is 4.98 Å². The number of aromatic nitrogens is 1. The number of aliphatic hydroxyl groups is 2. The van der Waals surface area contributed by atoms with Gasteiger partial charge in [0, 0.05) is 13.0 Å². The Labute approximate surface area is 99.1 Å². The van der Waals surface area contributed by atoms with Crippen LogP contribution in [-0.2, 0) is 6.42 Å². The lowest BCUT2D eigenvalue weighted by molar-refractivity contribution is 0.105. The fourth-order valence-corrected chi connectivity index (χ4v) is 1.58. The lowest BCUT2D eigenvalue weighted by Gasteiger charge is -2.09. The number of aliphatic hydroxyl groups excluding tert-OH is 2. The van der Waals surface area contributed by atoms with Gasteiger partial charge in [-0.25, -0.2) is 4.98 Å². The van der Waals surface area contributed by atoms with Gasteiger partial charge in [-0.15, -0.1) is 0 Å². The number of nitrogens with zero attached hydrogens (tertiary/aromatic N) is 1. The zero-order chi connectivity index (χ0) is 12.3. The van der Waals surface area contributed by atoms with E-state index in [1.54, 1.807) is 0 Å². The van der Waals surface area contributed by atoms with E-state index in [0.717, 1.165) is 23.2 Å². The molecule has 17 heavy (non-hydrogen) atoms. The molecule has 0 saturated heterocycles. The third-order valence-electron chi connectivity index (χ3n) is 2.50. The van der Waals surface area contributed by atoms with Gasteiger partial charge in [-0.05, 0) is 12.1 Å². The van der Waals surface area contributed by atoms with Crippen LogP contribution in [0.3, 0.4) is 0 Å². The number of para-hydroxylation sites is 1. The molecule has 5 nitrogen and oxygen atoms in total. The van der Waals surface area contributed by atoms with Crippen molar-refractivity contribution in [2.45, 2.75) is 19.4 Å². The maximum Gasteiger partial charge on any atom is 0.195 e. The van der Waals surface area contributed by atoms with E-state index in [9.17, 15) is 5.11 Å². The highest BCUT2D eigenvalue weighted by molar-refractivity contribution is 5.86. The molecule has 2 aromatic rings. The molecule has 1 heterocycles. The minimum Gasteiger partial charge on any atom is -0.441 e. The largest absolute Gasteiger partial charge is 0.441 e. The van der Waals surface area contributed by atoms with Gasteiger partial charge in [0.1, 0.15) is 5.52 Å². The van der Waals surface area contributed by atoms with Crippen molar-refractivity contribution in [2.24, 2.45) is 0 Å². The Morgan fingerprint density at radius 2 is 2.29 bits per heavy atom. The molecule has 0 spiro atoms. The molecule has 1 atom stereocenters. The predicted molar refractivity (Wildman–Crippen MR) is 65.0 cm³/mol. The van der Waals surface area contributed by atoms with Crippen molar-refractivity contribution in [2.75, 3.05) is 18.5 Å². The Morgan fingerprint density at radius 3 is 3.00 bits per heavy atom. The number of hydrogen-bond donors (Lipinski definition) is 3. The van der Waals surface area contributed by atoms with Crippen LogP contribution in [0, 0.1) is 0 Å². The first kappa shape index (κ1) is 11.9. The number of rotatable bonds is 5. The molecule has 5 heteroatoms. The van der Waals surface area contributed by atoms with Gasteiger partial charge < -0.3 is 19.9 Å². The van der Waals surface area contributed by atoms with Crippen molar-refractivity contribution in [3.05, 3.63) is 24.1 Å². The van der Waals surface area contributed by atoms with Crippen molar-refractivity contribution < 1.29 is 14.6 Å². The molecule has 0 aliphatic carbocycles. The number of nitrogens with one attached hydrogen (secondary N) is 1. The van der Waals surface area contributed by atoms with Crippen LogP contribution in [0.15, 0.2) is 22.6 Å². The number of aryl methyl sites for hydroxylation is 1. The Morgan fingerprint density at radius 1 is 1.47 bits per heavy atom. The van der Waals surface area contributed by atoms with Crippen LogP contribution >= 0.6 is 0 Å². The zero-order valence-electron chi connectivity index (χ0n) is 9.68. The summed E-state index contributed by atoms with van der Waals surface area (Å²) in [5.74, 6) is 0.692. The lowest BCUT2D eigenvalue weighted by atomic mass is 10.2. The van der Waals surface area contributed by atoms with E-state index in [-0.39, 0.29) is 13.2 Å². The molecule has 1 unspecified atom stereocenters. The molecule has 1 aromatic heterocycles. The first-order valence-corrected chi connectivity index (χ1v) is 5.65. The highest BCUT2D eigenvalue weighted by Gasteiger charge is 2.09. The van der Waals surface area contributed by atoms with Crippen LogP contribution in [0.1, 0.15) is 12.8 Å². The summed E-state index contributed by atoms with van der Waals surface area (Å²) in [6.07, 6.45) is -0.0317. The second-order valence-electron chi connectivity index (χ2n) is 3.83. The summed E-state index contributed by atoms with van der Waals surface area (Å²) in [6, 6.07) is 5.59. The van der Waals surface area contributed by atoms with Crippen molar-refractivity contribution in [3.8, 4) is 0 Å². The van der Waals surface area contributed by atoms with Crippen LogP contribution in [0.25, 0.3) is 11.1 Å². The second kappa shape index (κ2) is 5.16. The van der Waals surface area contributed by atoms with Gasteiger partial charge in [0.2, 0.25) is 0 Å². The summed E-state index contributed by atoms with van der Waals surface area (Å²) < 4.78 is 5.53. The number of fused-ring (bicyclic) bond motifs is 1. The first-order chi connectivity index (χ1) is 8.24. The summed E-state index contributed by atoms with van der Waals surface area (Å²) in [4.78, 5) is 4.36. The van der Waals surface area contributed by atoms with E-state index in [1.165, 1.54) is 0 Å². The first-order valence-electron chi connectivity index (χ1n) is 5.65. The van der Waals surface area contributed by atoms with Gasteiger partial charge in [-0.3, -0.25) is 0 Å². The van der Waals surface area contributed by atoms with E-state index >= 15 is 0 Å². The van der Waals surface area contributed by atoms with Crippen LogP contribution < -0.4 is 5.32 Å². The molecular weight excluding hydrogens is 220 g/mol. The van der Waals surface area contributed by atoms with Gasteiger partial charge in [0.25, 0.3) is 0 Å². The monoisotopic (exact) mass is 236 g/mol. The Kier molecular flexibility index (Phi) is 3.61. The fourth-order valence-electron chi connectivity index (χ4n) is 1.58. The maximum absolute atomic E-state index is 9.29. The lowest BCUT2D eigenvalue weighted by Crippen LogP contribution is -2.23. The number of oxazole rings is 1. The van der Waals surface area contributed by atoms with Crippen LogP contribution in [0.5, 0.6) is 0 Å². The van der Waals surface area contributed by atoms with Crippen LogP contribution in [0.4, 0.5) is 5.69 Å². The molecular formula is C12H16N2O3. The zero-order valence-corrected chi connectivity index (χ0v) is 9.68. The standard InChI is InChI=1S/C12H16N2O3/c1-2-11-14-12-9(13-6-8(16)7-15)4-3-5-10(12)17-11/h3-5,8,13,15-16H,2,6-7H2,1H3. The molecule has 0 radical (unpaired) electrons. The highest BCUT2D eigenvalue weighted by atomic mass is 16.3. The predicted octanol–water partition coefficient (Wildman–Crippen LogP) is 1.16. The van der Waals surface area contributed by atoms with E-state index in [1.807, 2.05) is 25.1 Å². The Balaban J connectivity index is 2.24. The smallest absolute Gasteiger partial charge is 0.195 e. The van der Waals surface area contributed by atoms with E-state index in [0.29, 0.717) is 5.89 Å².